The molecule has 0 aliphatic heterocycles. The minimum absolute atomic E-state index is 0.0211. The summed E-state index contributed by atoms with van der Waals surface area (Å²) in [7, 11) is -8.60. The van der Waals surface area contributed by atoms with Gasteiger partial charge in [-0.15, -0.1) is 4.83 Å². The molecule has 1 unspecified atom stereocenters. The summed E-state index contributed by atoms with van der Waals surface area (Å²) in [5.74, 6) is -0.651. The van der Waals surface area contributed by atoms with Crippen molar-refractivity contribution in [1.29, 1.82) is 0 Å². The van der Waals surface area contributed by atoms with Crippen LogP contribution in [0.25, 0.3) is 0 Å². The van der Waals surface area contributed by atoms with Gasteiger partial charge >= 0.3 is 0 Å². The van der Waals surface area contributed by atoms with Crippen molar-refractivity contribution in [3.05, 3.63) is 105 Å². The summed E-state index contributed by atoms with van der Waals surface area (Å²) in [6, 6.07) is 17.2. The van der Waals surface area contributed by atoms with E-state index in [0.717, 1.165) is 5.56 Å². The molecule has 0 radical (unpaired) electrons. The molecule has 188 valence electrons. The van der Waals surface area contributed by atoms with Crippen molar-refractivity contribution in [1.82, 2.24) is 15.0 Å². The summed E-state index contributed by atoms with van der Waals surface area (Å²) in [5.41, 5.74) is 1.22. The number of carbonyl (C=O) groups excluding carboxylic acids is 1. The molecule has 4 rings (SSSR count). The smallest absolute Gasteiger partial charge is 0.253 e. The lowest BCUT2D eigenvalue weighted by atomic mass is 9.87. The molecule has 1 aliphatic rings. The molecule has 0 heterocycles. The number of hydrazine groups is 1. The second kappa shape index (κ2) is 9.88. The van der Waals surface area contributed by atoms with Gasteiger partial charge < -0.3 is 0 Å². The average molecular weight is 587 g/mol. The van der Waals surface area contributed by atoms with Gasteiger partial charge in [0.25, 0.3) is 10.0 Å². The van der Waals surface area contributed by atoms with Crippen LogP contribution in [0.3, 0.4) is 0 Å². The van der Waals surface area contributed by atoms with E-state index >= 15 is 0 Å². The first kappa shape index (κ1) is 26.8. The highest BCUT2D eigenvalue weighted by Gasteiger charge is 2.48. The van der Waals surface area contributed by atoms with Crippen molar-refractivity contribution in [2.75, 3.05) is 0 Å². The first-order valence-corrected chi connectivity index (χ1v) is 14.3. The van der Waals surface area contributed by atoms with Crippen molar-refractivity contribution in [2.24, 2.45) is 0 Å². The highest BCUT2D eigenvalue weighted by molar-refractivity contribution is 7.90. The fourth-order valence-electron chi connectivity index (χ4n) is 3.55. The van der Waals surface area contributed by atoms with Crippen LogP contribution >= 0.6 is 34.8 Å². The number of sulfonamides is 2. The Morgan fingerprint density at radius 2 is 1.31 bits per heavy atom. The molecule has 36 heavy (non-hydrogen) atoms. The molecule has 0 amide bonds. The van der Waals surface area contributed by atoms with Crippen molar-refractivity contribution < 1.29 is 21.6 Å². The lowest BCUT2D eigenvalue weighted by Gasteiger charge is -2.39. The maximum absolute atomic E-state index is 13.4. The summed E-state index contributed by atoms with van der Waals surface area (Å²) in [6.45, 7) is 1.80. The minimum atomic E-state index is -4.38. The molecule has 3 aromatic carbocycles. The first-order chi connectivity index (χ1) is 16.9. The summed E-state index contributed by atoms with van der Waals surface area (Å²) >= 11 is 18.6. The molecule has 0 spiro atoms. The SMILES string of the molecule is Cc1ccc(S(=O)(=O)NNC2(NS(=O)(=O)c3ccc(Cl)cc3)C(Cl)=C(Cl)C(=O)c3ccccc32)cc1. The monoisotopic (exact) mass is 585 g/mol. The van der Waals surface area contributed by atoms with Gasteiger partial charge in [0.1, 0.15) is 5.03 Å². The number of fused-ring (bicyclic) bond motifs is 1. The second-order valence-corrected chi connectivity index (χ2v) is 12.4. The summed E-state index contributed by atoms with van der Waals surface area (Å²) in [6.07, 6.45) is 0. The molecule has 13 heteroatoms. The number of allylic oxidation sites excluding steroid dienone is 1. The van der Waals surface area contributed by atoms with Gasteiger partial charge in [-0.25, -0.2) is 22.3 Å². The molecule has 1 atom stereocenters. The Bertz CT molecular complexity index is 1590. The van der Waals surface area contributed by atoms with E-state index in [4.69, 9.17) is 34.8 Å². The highest BCUT2D eigenvalue weighted by atomic mass is 35.5. The van der Waals surface area contributed by atoms with E-state index in [9.17, 15) is 21.6 Å². The number of aryl methyl sites for hydroxylation is 1. The van der Waals surface area contributed by atoms with Crippen LogP contribution in [0.1, 0.15) is 21.5 Å². The number of hydrogen-bond acceptors (Lipinski definition) is 6. The summed E-state index contributed by atoms with van der Waals surface area (Å²) in [4.78, 5) is 14.7. The molecule has 8 nitrogen and oxygen atoms in total. The standard InChI is InChI=1S/C23H18Cl3N3O5S2/c1-14-6-10-17(11-7-14)36(33,34)29-27-23(28-35(31,32)16-12-8-15(24)9-13-16)19-5-3-2-4-18(19)21(30)20(25)22(23)26/h2-13,27-29H,1H3. The number of halogens is 3. The summed E-state index contributed by atoms with van der Waals surface area (Å²) < 4.78 is 55.3. The van der Waals surface area contributed by atoms with Crippen LogP contribution in [0.15, 0.2) is 92.7 Å². The van der Waals surface area contributed by atoms with Crippen LogP contribution in [0.5, 0.6) is 0 Å². The zero-order valence-electron chi connectivity index (χ0n) is 18.4. The van der Waals surface area contributed by atoms with Crippen LogP contribution in [-0.2, 0) is 25.7 Å². The molecular weight excluding hydrogens is 569 g/mol. The third kappa shape index (κ3) is 4.96. The average Bonchev–Trinajstić information content (AvgIpc) is 2.85. The van der Waals surface area contributed by atoms with E-state index in [1.165, 1.54) is 54.6 Å². The van der Waals surface area contributed by atoms with E-state index < -0.39 is 41.6 Å². The van der Waals surface area contributed by atoms with E-state index in [0.29, 0.717) is 5.02 Å². The summed E-state index contributed by atoms with van der Waals surface area (Å²) in [5, 5.41) is -0.657. The Hall–Kier alpha value is -2.28. The number of benzene rings is 3. The van der Waals surface area contributed by atoms with Gasteiger partial charge in [-0.1, -0.05) is 76.8 Å². The van der Waals surface area contributed by atoms with Gasteiger partial charge in [0.2, 0.25) is 15.8 Å². The van der Waals surface area contributed by atoms with Gasteiger partial charge in [-0.3, -0.25) is 4.79 Å². The normalized spacial score (nSPS) is 18.3. The van der Waals surface area contributed by atoms with Crippen LogP contribution < -0.4 is 15.0 Å². The highest BCUT2D eigenvalue weighted by Crippen LogP contribution is 2.42. The number of hydrogen-bond donors (Lipinski definition) is 3. The Labute approximate surface area is 223 Å². The van der Waals surface area contributed by atoms with E-state index in [1.807, 2.05) is 0 Å². The third-order valence-electron chi connectivity index (χ3n) is 5.41. The first-order valence-electron chi connectivity index (χ1n) is 10.2. The van der Waals surface area contributed by atoms with Crippen LogP contribution in [0.2, 0.25) is 5.02 Å². The molecule has 0 bridgehead atoms. The zero-order chi connectivity index (χ0) is 26.3. The molecule has 0 aromatic heterocycles. The van der Waals surface area contributed by atoms with E-state index in [1.54, 1.807) is 25.1 Å². The number of Topliss-reactive ketones (excluding diaryl/α,β-unsaturated/α-hetero) is 1. The molecule has 1 aliphatic carbocycles. The third-order valence-corrected chi connectivity index (χ3v) is 9.33. The molecule has 0 saturated carbocycles. The maximum Gasteiger partial charge on any atom is 0.253 e. The van der Waals surface area contributed by atoms with Crippen molar-refractivity contribution in [2.45, 2.75) is 22.4 Å². The maximum atomic E-state index is 13.4. The number of nitrogens with one attached hydrogen (secondary N) is 3. The van der Waals surface area contributed by atoms with Crippen molar-refractivity contribution >= 4 is 60.6 Å². The molecular formula is C23H18Cl3N3O5S2. The van der Waals surface area contributed by atoms with Gasteiger partial charge in [-0.05, 0) is 43.3 Å². The van der Waals surface area contributed by atoms with Crippen molar-refractivity contribution in [3.8, 4) is 0 Å². The number of rotatable bonds is 7. The zero-order valence-corrected chi connectivity index (χ0v) is 22.3. The van der Waals surface area contributed by atoms with Gasteiger partial charge in [0, 0.05) is 16.1 Å². The van der Waals surface area contributed by atoms with Crippen LogP contribution in [-0.4, -0.2) is 22.6 Å². The molecule has 3 N–H and O–H groups in total. The number of ketones is 1. The molecule has 0 fully saturated rings. The minimum Gasteiger partial charge on any atom is -0.288 e. The molecule has 0 saturated heterocycles. The van der Waals surface area contributed by atoms with Crippen LogP contribution in [0, 0.1) is 6.92 Å². The fraction of sp³-hybridized carbons (Fsp3) is 0.0870. The topological polar surface area (TPSA) is 121 Å². The predicted octanol–water partition coefficient (Wildman–Crippen LogP) is 4.15. The second-order valence-electron chi connectivity index (χ2n) is 7.86. The Kier molecular flexibility index (Phi) is 7.35. The molecule has 3 aromatic rings. The fourth-order valence-corrected chi connectivity index (χ4v) is 6.44. The quantitative estimate of drug-likeness (QED) is 0.283. The van der Waals surface area contributed by atoms with E-state index in [-0.39, 0.29) is 20.9 Å². The largest absolute Gasteiger partial charge is 0.288 e. The van der Waals surface area contributed by atoms with Gasteiger partial charge in [0.15, 0.2) is 5.66 Å². The Morgan fingerprint density at radius 1 is 0.750 bits per heavy atom. The number of carbonyl (C=O) groups is 1. The Balaban J connectivity index is 1.86. The Morgan fingerprint density at radius 3 is 1.94 bits per heavy atom. The van der Waals surface area contributed by atoms with E-state index in [2.05, 4.69) is 15.0 Å². The predicted molar refractivity (Wildman–Crippen MR) is 138 cm³/mol. The van der Waals surface area contributed by atoms with Gasteiger partial charge in [-0.2, -0.15) is 4.72 Å². The van der Waals surface area contributed by atoms with Gasteiger partial charge in [0.05, 0.1) is 14.8 Å². The van der Waals surface area contributed by atoms with Crippen molar-refractivity contribution in [3.63, 3.8) is 0 Å². The lowest BCUT2D eigenvalue weighted by Crippen LogP contribution is -2.63. The van der Waals surface area contributed by atoms with Crippen LogP contribution in [0.4, 0.5) is 0 Å². The lowest BCUT2D eigenvalue weighted by molar-refractivity contribution is 0.103.